The molecule has 0 aliphatic carbocycles. The number of benzene rings is 2. The number of aromatic nitrogens is 1. The van der Waals surface area contributed by atoms with Crippen LogP contribution in [0, 0.1) is 0 Å². The minimum Gasteiger partial charge on any atom is -0.326 e. The highest BCUT2D eigenvalue weighted by atomic mass is 79.9. The number of anilines is 2. The summed E-state index contributed by atoms with van der Waals surface area (Å²) >= 11 is 6.24. The first kappa shape index (κ1) is 17.9. The first-order chi connectivity index (χ1) is 12.0. The average molecular weight is 436 g/mol. The van der Waals surface area contributed by atoms with E-state index in [0.29, 0.717) is 16.6 Å². The van der Waals surface area contributed by atoms with E-state index in [1.165, 1.54) is 30.0 Å². The molecule has 25 heavy (non-hydrogen) atoms. The Hall–Kier alpha value is -1.90. The van der Waals surface area contributed by atoms with Gasteiger partial charge in [-0.05, 0) is 42.5 Å². The number of thioether (sulfide) groups is 1. The fourth-order valence-corrected chi connectivity index (χ4v) is 3.98. The molecule has 0 aliphatic heterocycles. The Labute approximate surface area is 161 Å². The highest BCUT2D eigenvalue weighted by Crippen LogP contribution is 2.29. The van der Waals surface area contributed by atoms with Crippen LogP contribution in [0.4, 0.5) is 10.8 Å². The molecule has 8 heteroatoms. The monoisotopic (exact) mass is 435 g/mol. The molecular weight excluding hydrogens is 422 g/mol. The van der Waals surface area contributed by atoms with Crippen molar-refractivity contribution in [1.29, 1.82) is 0 Å². The van der Waals surface area contributed by atoms with Crippen LogP contribution in [0.1, 0.15) is 6.92 Å². The van der Waals surface area contributed by atoms with E-state index in [9.17, 15) is 9.59 Å². The van der Waals surface area contributed by atoms with Crippen LogP contribution < -0.4 is 10.6 Å². The Morgan fingerprint density at radius 1 is 1.16 bits per heavy atom. The van der Waals surface area contributed by atoms with Crippen LogP contribution in [0.3, 0.4) is 0 Å². The quantitative estimate of drug-likeness (QED) is 0.567. The summed E-state index contributed by atoms with van der Waals surface area (Å²) in [5.41, 5.74) is 1.50. The first-order valence-electron chi connectivity index (χ1n) is 7.36. The number of fused-ring (bicyclic) bond motifs is 1. The fraction of sp³-hybridized carbons (Fsp3) is 0.118. The number of hydrogen-bond donors (Lipinski definition) is 2. The van der Waals surface area contributed by atoms with Crippen molar-refractivity contribution in [2.45, 2.75) is 11.8 Å². The van der Waals surface area contributed by atoms with Crippen LogP contribution in [0.15, 0.2) is 51.8 Å². The molecule has 1 heterocycles. The van der Waals surface area contributed by atoms with Gasteiger partial charge < -0.3 is 10.6 Å². The van der Waals surface area contributed by atoms with Gasteiger partial charge in [-0.25, -0.2) is 4.98 Å². The zero-order chi connectivity index (χ0) is 17.8. The number of thiazole rings is 1. The predicted molar refractivity (Wildman–Crippen MR) is 107 cm³/mol. The molecular formula is C17H14BrN3O2S2. The molecule has 0 radical (unpaired) electrons. The summed E-state index contributed by atoms with van der Waals surface area (Å²) in [7, 11) is 0. The van der Waals surface area contributed by atoms with Crippen LogP contribution in [0.5, 0.6) is 0 Å². The molecule has 2 amide bonds. The van der Waals surface area contributed by atoms with Crippen LogP contribution in [0.25, 0.3) is 10.2 Å². The van der Waals surface area contributed by atoms with E-state index in [0.717, 1.165) is 19.6 Å². The van der Waals surface area contributed by atoms with E-state index in [4.69, 9.17) is 0 Å². The SMILES string of the molecule is CC(=O)Nc1ccc2nc(NC(=O)CSc3ccc(Br)cc3)sc2c1. The second kappa shape index (κ2) is 7.99. The minimum atomic E-state index is -0.123. The highest BCUT2D eigenvalue weighted by Gasteiger charge is 2.09. The smallest absolute Gasteiger partial charge is 0.236 e. The van der Waals surface area contributed by atoms with Crippen LogP contribution in [-0.2, 0) is 9.59 Å². The van der Waals surface area contributed by atoms with Crippen molar-refractivity contribution in [2.24, 2.45) is 0 Å². The summed E-state index contributed by atoms with van der Waals surface area (Å²) in [5.74, 6) is 0.0886. The Morgan fingerprint density at radius 3 is 2.64 bits per heavy atom. The van der Waals surface area contributed by atoms with E-state index in [1.54, 1.807) is 6.07 Å². The van der Waals surface area contributed by atoms with E-state index < -0.39 is 0 Å². The number of amides is 2. The van der Waals surface area contributed by atoms with Crippen LogP contribution >= 0.6 is 39.0 Å². The maximum atomic E-state index is 12.1. The van der Waals surface area contributed by atoms with Crippen LogP contribution in [0.2, 0.25) is 0 Å². The van der Waals surface area contributed by atoms with Gasteiger partial charge in [0, 0.05) is 22.0 Å². The fourth-order valence-electron chi connectivity index (χ4n) is 2.09. The first-order valence-corrected chi connectivity index (χ1v) is 9.95. The zero-order valence-corrected chi connectivity index (χ0v) is 16.4. The molecule has 128 valence electrons. The molecule has 0 unspecified atom stereocenters. The van der Waals surface area contributed by atoms with Crippen molar-refractivity contribution in [2.75, 3.05) is 16.4 Å². The Kier molecular flexibility index (Phi) is 5.72. The Balaban J connectivity index is 1.62. The number of rotatable bonds is 5. The highest BCUT2D eigenvalue weighted by molar-refractivity contribution is 9.10. The molecule has 0 atom stereocenters. The molecule has 1 aromatic heterocycles. The van der Waals surface area contributed by atoms with Gasteiger partial charge in [0.05, 0.1) is 16.0 Å². The van der Waals surface area contributed by atoms with Crippen molar-refractivity contribution in [3.8, 4) is 0 Å². The summed E-state index contributed by atoms with van der Waals surface area (Å²) in [6.07, 6.45) is 0. The molecule has 3 rings (SSSR count). The molecule has 0 saturated heterocycles. The van der Waals surface area contributed by atoms with Gasteiger partial charge in [0.25, 0.3) is 0 Å². The average Bonchev–Trinajstić information content (AvgIpc) is 2.95. The minimum absolute atomic E-state index is 0.103. The third kappa shape index (κ3) is 5.04. The normalized spacial score (nSPS) is 10.6. The number of carbonyl (C=O) groups excluding carboxylic acids is 2. The molecule has 3 aromatic rings. The lowest BCUT2D eigenvalue weighted by molar-refractivity contribution is -0.114. The van der Waals surface area contributed by atoms with Crippen molar-refractivity contribution in [3.63, 3.8) is 0 Å². The number of carbonyl (C=O) groups is 2. The second-order valence-electron chi connectivity index (χ2n) is 5.17. The van der Waals surface area contributed by atoms with Gasteiger partial charge in [-0.2, -0.15) is 0 Å². The summed E-state index contributed by atoms with van der Waals surface area (Å²) < 4.78 is 1.91. The van der Waals surface area contributed by atoms with Crippen molar-refractivity contribution >= 4 is 71.9 Å². The molecule has 0 saturated carbocycles. The summed E-state index contributed by atoms with van der Waals surface area (Å²) in [4.78, 5) is 28.7. The third-order valence-electron chi connectivity index (χ3n) is 3.14. The van der Waals surface area contributed by atoms with E-state index in [1.807, 2.05) is 36.4 Å². The number of hydrogen-bond acceptors (Lipinski definition) is 5. The largest absolute Gasteiger partial charge is 0.326 e. The zero-order valence-electron chi connectivity index (χ0n) is 13.2. The van der Waals surface area contributed by atoms with E-state index >= 15 is 0 Å². The molecule has 0 spiro atoms. The maximum absolute atomic E-state index is 12.1. The van der Waals surface area contributed by atoms with Crippen molar-refractivity contribution in [3.05, 3.63) is 46.9 Å². The molecule has 5 nitrogen and oxygen atoms in total. The summed E-state index contributed by atoms with van der Waals surface area (Å²) in [6, 6.07) is 13.3. The summed E-state index contributed by atoms with van der Waals surface area (Å²) in [5, 5.41) is 6.11. The van der Waals surface area contributed by atoms with Gasteiger partial charge in [-0.1, -0.05) is 27.3 Å². The Morgan fingerprint density at radius 2 is 1.92 bits per heavy atom. The van der Waals surface area contributed by atoms with Crippen molar-refractivity contribution in [1.82, 2.24) is 4.98 Å². The van der Waals surface area contributed by atoms with E-state index in [2.05, 4.69) is 31.5 Å². The van der Waals surface area contributed by atoms with Gasteiger partial charge in [0.2, 0.25) is 11.8 Å². The number of nitrogens with zero attached hydrogens (tertiary/aromatic N) is 1. The topological polar surface area (TPSA) is 71.1 Å². The lowest BCUT2D eigenvalue weighted by atomic mass is 10.3. The molecule has 0 bridgehead atoms. The standard InChI is InChI=1S/C17H14BrN3O2S2/c1-10(22)19-12-4-7-14-15(8-12)25-17(20-14)21-16(23)9-24-13-5-2-11(18)3-6-13/h2-8H,9H2,1H3,(H,19,22)(H,20,21,23). The lowest BCUT2D eigenvalue weighted by Gasteiger charge is -2.02. The maximum Gasteiger partial charge on any atom is 0.236 e. The van der Waals surface area contributed by atoms with Gasteiger partial charge in [-0.3, -0.25) is 9.59 Å². The second-order valence-corrected chi connectivity index (χ2v) is 8.17. The van der Waals surface area contributed by atoms with Gasteiger partial charge in [0.15, 0.2) is 5.13 Å². The molecule has 0 fully saturated rings. The molecule has 2 N–H and O–H groups in total. The number of nitrogens with one attached hydrogen (secondary N) is 2. The van der Waals surface area contributed by atoms with Crippen LogP contribution in [-0.4, -0.2) is 22.6 Å². The number of halogens is 1. The molecule has 0 aliphatic rings. The third-order valence-corrected chi connectivity index (χ3v) is 5.61. The lowest BCUT2D eigenvalue weighted by Crippen LogP contribution is -2.13. The predicted octanol–water partition coefficient (Wildman–Crippen LogP) is 4.75. The molecule has 2 aromatic carbocycles. The van der Waals surface area contributed by atoms with Crippen molar-refractivity contribution < 1.29 is 9.59 Å². The van der Waals surface area contributed by atoms with E-state index in [-0.39, 0.29) is 11.8 Å². The van der Waals surface area contributed by atoms with Gasteiger partial charge >= 0.3 is 0 Å². The van der Waals surface area contributed by atoms with Gasteiger partial charge in [0.1, 0.15) is 0 Å². The van der Waals surface area contributed by atoms with Gasteiger partial charge in [-0.15, -0.1) is 11.8 Å². The Bertz CT molecular complexity index is 925. The summed E-state index contributed by atoms with van der Waals surface area (Å²) in [6.45, 7) is 1.46.